The number of esters is 1. The van der Waals surface area contributed by atoms with E-state index in [2.05, 4.69) is 20.0 Å². The van der Waals surface area contributed by atoms with Crippen LogP contribution in [0, 0.1) is 0 Å². The molecule has 0 radical (unpaired) electrons. The molecule has 6 atom stereocenters. The number of aliphatic hydroxyl groups excluding tert-OH is 1. The van der Waals surface area contributed by atoms with Crippen molar-refractivity contribution in [1.29, 1.82) is 0 Å². The Kier molecular flexibility index (Phi) is 9.49. The summed E-state index contributed by atoms with van der Waals surface area (Å²) in [5, 5.41) is 25.3. The number of para-hydroxylation sites is 1. The predicted octanol–water partition coefficient (Wildman–Crippen LogP) is 2.07. The van der Waals surface area contributed by atoms with E-state index in [1.54, 1.807) is 52.0 Å². The van der Waals surface area contributed by atoms with Gasteiger partial charge in [0, 0.05) is 0 Å². The van der Waals surface area contributed by atoms with Crippen LogP contribution in [-0.2, 0) is 30.6 Å². The van der Waals surface area contributed by atoms with E-state index in [0.717, 1.165) is 0 Å². The Morgan fingerprint density at radius 1 is 1.29 bits per heavy atom. The fourth-order valence-corrected chi connectivity index (χ4v) is 6.62. The lowest BCUT2D eigenvalue weighted by Crippen LogP contribution is -2.44. The van der Waals surface area contributed by atoms with E-state index in [1.807, 2.05) is 6.07 Å². The third kappa shape index (κ3) is 6.95. The smallest absolute Gasteiger partial charge is 0.323 e. The Labute approximate surface area is 242 Å². The molecule has 1 saturated heterocycles. The van der Waals surface area contributed by atoms with Gasteiger partial charge in [0.2, 0.25) is 11.8 Å². The summed E-state index contributed by atoms with van der Waals surface area (Å²) in [6, 6.07) is 7.87. The molecule has 4 rings (SSSR count). The zero-order valence-corrected chi connectivity index (χ0v) is 25.0. The lowest BCUT2D eigenvalue weighted by atomic mass is 9.96. The standard InChI is InChI=1S/C25H35N6O8PS/c1-6-35-21-18-20(28-24(26)29-21)31(13-27-18)23-25(5,34)19(32)17(38-23)12-36-40(41,39-16-10-8-7-9-11-16)30-15(4)22(33)37-14(2)3/h7-11,13-15,17,19,23,32,34H,6,12H2,1-5H3,(H,30,41)(H2,26,28,29). The monoisotopic (exact) mass is 610 g/mol. The first-order chi connectivity index (χ1) is 19.3. The number of fused-ring (bicyclic) bond motifs is 1. The van der Waals surface area contributed by atoms with Crippen molar-refractivity contribution in [3.8, 4) is 11.6 Å². The van der Waals surface area contributed by atoms with Crippen molar-refractivity contribution >= 4 is 41.5 Å². The molecular weight excluding hydrogens is 575 g/mol. The van der Waals surface area contributed by atoms with Crippen LogP contribution in [0.4, 0.5) is 5.95 Å². The van der Waals surface area contributed by atoms with Crippen molar-refractivity contribution in [3.05, 3.63) is 36.7 Å². The van der Waals surface area contributed by atoms with Gasteiger partial charge in [0.15, 0.2) is 17.4 Å². The molecule has 0 spiro atoms. The molecule has 0 amide bonds. The van der Waals surface area contributed by atoms with E-state index in [9.17, 15) is 15.0 Å². The number of imidazole rings is 1. The van der Waals surface area contributed by atoms with E-state index in [1.165, 1.54) is 17.8 Å². The highest BCUT2D eigenvalue weighted by atomic mass is 32.5. The van der Waals surface area contributed by atoms with Gasteiger partial charge in [0.25, 0.3) is 0 Å². The molecule has 16 heteroatoms. The average molecular weight is 611 g/mol. The zero-order chi connectivity index (χ0) is 29.9. The third-order valence-corrected chi connectivity index (χ3v) is 8.63. The van der Waals surface area contributed by atoms with Gasteiger partial charge < -0.3 is 39.2 Å². The zero-order valence-electron chi connectivity index (χ0n) is 23.3. The minimum atomic E-state index is -3.42. The van der Waals surface area contributed by atoms with Crippen LogP contribution >= 0.6 is 6.64 Å². The SMILES string of the molecule is CCOc1nc(N)nc2c1ncn2C1OC(COP(=S)(NC(C)C(=O)OC(C)C)Oc2ccccc2)C(O)C1(C)O. The summed E-state index contributed by atoms with van der Waals surface area (Å²) < 4.78 is 30.4. The van der Waals surface area contributed by atoms with Crippen LogP contribution < -0.4 is 20.1 Å². The van der Waals surface area contributed by atoms with Gasteiger partial charge in [-0.1, -0.05) is 18.2 Å². The van der Waals surface area contributed by atoms with Crippen molar-refractivity contribution in [1.82, 2.24) is 24.6 Å². The normalized spacial score (nSPS) is 24.7. The topological polar surface area (TPSA) is 185 Å². The summed E-state index contributed by atoms with van der Waals surface area (Å²) in [5.74, 6) is 0.00422. The molecule has 1 aliphatic heterocycles. The molecular formula is C25H35N6O8PS. The second kappa shape index (κ2) is 12.5. The fraction of sp³-hybridized carbons (Fsp3) is 0.520. The highest BCUT2D eigenvalue weighted by Gasteiger charge is 2.54. The lowest BCUT2D eigenvalue weighted by molar-refractivity contribution is -0.149. The molecule has 6 unspecified atom stereocenters. The number of rotatable bonds is 12. The molecule has 0 aliphatic carbocycles. The Balaban J connectivity index is 1.56. The van der Waals surface area contributed by atoms with Crippen LogP contribution in [0.3, 0.4) is 0 Å². The van der Waals surface area contributed by atoms with Gasteiger partial charge in [-0.2, -0.15) is 9.97 Å². The summed E-state index contributed by atoms with van der Waals surface area (Å²) in [5.41, 5.74) is 4.62. The summed E-state index contributed by atoms with van der Waals surface area (Å²) in [6.45, 7) is 4.89. The first-order valence-corrected chi connectivity index (χ1v) is 15.6. The van der Waals surface area contributed by atoms with E-state index >= 15 is 0 Å². The Hall–Kier alpha value is -2.91. The highest BCUT2D eigenvalue weighted by Crippen LogP contribution is 2.47. The molecule has 5 N–H and O–H groups in total. The molecule has 41 heavy (non-hydrogen) atoms. The first kappa shape index (κ1) is 31.0. The number of nitrogens with two attached hydrogens (primary N) is 1. The molecule has 1 fully saturated rings. The van der Waals surface area contributed by atoms with Gasteiger partial charge in [-0.05, 0) is 58.6 Å². The van der Waals surface area contributed by atoms with Gasteiger partial charge in [0.05, 0.1) is 25.6 Å². The third-order valence-electron chi connectivity index (χ3n) is 6.13. The largest absolute Gasteiger partial charge is 0.476 e. The Morgan fingerprint density at radius 2 is 2.00 bits per heavy atom. The fourth-order valence-electron chi connectivity index (χ4n) is 4.20. The van der Waals surface area contributed by atoms with Gasteiger partial charge in [-0.3, -0.25) is 9.36 Å². The van der Waals surface area contributed by atoms with Gasteiger partial charge >= 0.3 is 12.6 Å². The van der Waals surface area contributed by atoms with Crippen LogP contribution in [0.15, 0.2) is 36.7 Å². The summed E-state index contributed by atoms with van der Waals surface area (Å²) in [6.07, 6.45) is -2.55. The number of ether oxygens (including phenoxy) is 3. The quantitative estimate of drug-likeness (QED) is 0.172. The van der Waals surface area contributed by atoms with Crippen molar-refractivity contribution in [2.75, 3.05) is 18.9 Å². The molecule has 2 aromatic heterocycles. The number of nitrogen functional groups attached to an aromatic ring is 1. The number of nitrogens with one attached hydrogen (secondary N) is 1. The van der Waals surface area contributed by atoms with Gasteiger partial charge in [0.1, 0.15) is 29.6 Å². The van der Waals surface area contributed by atoms with E-state index in [4.69, 9.17) is 40.8 Å². The molecule has 1 aliphatic rings. The average Bonchev–Trinajstić information content (AvgIpc) is 3.41. The van der Waals surface area contributed by atoms with Crippen molar-refractivity contribution in [3.63, 3.8) is 0 Å². The number of carbonyl (C=O) groups excluding carboxylic acids is 1. The number of nitrogens with zero attached hydrogens (tertiary/aromatic N) is 4. The first-order valence-electron chi connectivity index (χ1n) is 13.0. The maximum absolute atomic E-state index is 12.5. The lowest BCUT2D eigenvalue weighted by Gasteiger charge is -2.28. The molecule has 1 aromatic carbocycles. The van der Waals surface area contributed by atoms with E-state index in [-0.39, 0.29) is 30.2 Å². The highest BCUT2D eigenvalue weighted by molar-refractivity contribution is 8.09. The minimum Gasteiger partial charge on any atom is -0.476 e. The molecule has 0 saturated carbocycles. The summed E-state index contributed by atoms with van der Waals surface area (Å²) in [7, 11) is 0. The van der Waals surface area contributed by atoms with Crippen LogP contribution in [0.1, 0.15) is 40.8 Å². The molecule has 0 bridgehead atoms. The van der Waals surface area contributed by atoms with Gasteiger partial charge in [-0.15, -0.1) is 0 Å². The minimum absolute atomic E-state index is 0.0595. The number of hydrogen-bond donors (Lipinski definition) is 4. The van der Waals surface area contributed by atoms with Crippen LogP contribution in [0.5, 0.6) is 11.6 Å². The predicted molar refractivity (Wildman–Crippen MR) is 153 cm³/mol. The van der Waals surface area contributed by atoms with Crippen LogP contribution in [0.2, 0.25) is 0 Å². The second-order valence-corrected chi connectivity index (χ2v) is 13.0. The van der Waals surface area contributed by atoms with Crippen molar-refractivity contribution in [2.24, 2.45) is 0 Å². The van der Waals surface area contributed by atoms with Crippen LogP contribution in [-0.4, -0.2) is 78.9 Å². The Morgan fingerprint density at radius 3 is 2.66 bits per heavy atom. The van der Waals surface area contributed by atoms with Crippen molar-refractivity contribution < 1.29 is 38.3 Å². The molecule has 3 aromatic rings. The van der Waals surface area contributed by atoms with E-state index in [0.29, 0.717) is 17.9 Å². The number of anilines is 1. The number of hydrogen-bond acceptors (Lipinski definition) is 13. The number of aromatic nitrogens is 4. The number of benzene rings is 1. The van der Waals surface area contributed by atoms with Crippen LogP contribution in [0.25, 0.3) is 11.2 Å². The molecule has 3 heterocycles. The number of aliphatic hydroxyl groups is 2. The van der Waals surface area contributed by atoms with E-state index < -0.39 is 42.7 Å². The molecule has 14 nitrogen and oxygen atoms in total. The summed E-state index contributed by atoms with van der Waals surface area (Å²) >= 11 is 5.74. The second-order valence-electron chi connectivity index (χ2n) is 9.88. The Bertz CT molecular complexity index is 1410. The van der Waals surface area contributed by atoms with Crippen molar-refractivity contribution in [2.45, 2.75) is 70.8 Å². The maximum atomic E-state index is 12.5. The van der Waals surface area contributed by atoms with Gasteiger partial charge in [-0.25, -0.2) is 10.1 Å². The maximum Gasteiger partial charge on any atom is 0.323 e. The number of carbonyl (C=O) groups is 1. The summed E-state index contributed by atoms with van der Waals surface area (Å²) in [4.78, 5) is 25.1. The molecule has 224 valence electrons.